The number of phenolic OH excluding ortho intramolecular Hbond substituents is 1. The van der Waals surface area contributed by atoms with Crippen LogP contribution in [-0.2, 0) is 15.0 Å². The first-order valence-corrected chi connectivity index (χ1v) is 7.77. The third kappa shape index (κ3) is 5.27. The molecule has 128 valence electrons. The predicted molar refractivity (Wildman–Crippen MR) is 92.5 cm³/mol. The summed E-state index contributed by atoms with van der Waals surface area (Å²) in [5.41, 5.74) is 0.679. The van der Waals surface area contributed by atoms with Gasteiger partial charge >= 0.3 is 0 Å². The number of nitrogens with one attached hydrogen (secondary N) is 2. The zero-order chi connectivity index (χ0) is 18.0. The van der Waals surface area contributed by atoms with Crippen molar-refractivity contribution in [3.8, 4) is 5.75 Å². The second kappa shape index (κ2) is 6.60. The van der Waals surface area contributed by atoms with Crippen LogP contribution >= 0.6 is 0 Å². The van der Waals surface area contributed by atoms with Crippen LogP contribution in [0.5, 0.6) is 5.75 Å². The molecule has 0 bridgehead atoms. The van der Waals surface area contributed by atoms with Crippen LogP contribution in [0, 0.1) is 5.41 Å². The molecule has 0 aliphatic carbocycles. The van der Waals surface area contributed by atoms with Crippen molar-refractivity contribution in [2.24, 2.45) is 5.41 Å². The van der Waals surface area contributed by atoms with E-state index >= 15 is 0 Å². The Hall–Kier alpha value is -2.04. The summed E-state index contributed by atoms with van der Waals surface area (Å²) in [5.74, 6) is -0.572. The van der Waals surface area contributed by atoms with Crippen LogP contribution in [0.1, 0.15) is 54.0 Å². The molecule has 23 heavy (non-hydrogen) atoms. The number of amides is 2. The number of rotatable bonds is 3. The summed E-state index contributed by atoms with van der Waals surface area (Å²) in [4.78, 5) is 24.2. The standard InChI is InChI=1S/C18H28N2O3/c1-11(19-16(23)18(5,6)7)15(22)20-13-10-12(17(2,3)4)8-9-14(13)21/h8-11,21H,1-7H3,(H,19,23)(H,20,22). The highest BCUT2D eigenvalue weighted by Crippen LogP contribution is 2.30. The van der Waals surface area contributed by atoms with Crippen LogP contribution < -0.4 is 10.6 Å². The van der Waals surface area contributed by atoms with Crippen LogP contribution in [0.4, 0.5) is 5.69 Å². The van der Waals surface area contributed by atoms with Gasteiger partial charge in [-0.2, -0.15) is 0 Å². The first kappa shape index (κ1) is 19.0. The maximum absolute atomic E-state index is 12.3. The highest BCUT2D eigenvalue weighted by atomic mass is 16.3. The number of anilines is 1. The molecule has 5 heteroatoms. The van der Waals surface area contributed by atoms with E-state index in [4.69, 9.17) is 0 Å². The van der Waals surface area contributed by atoms with Gasteiger partial charge in [-0.3, -0.25) is 9.59 Å². The molecule has 5 nitrogen and oxygen atoms in total. The molecule has 0 heterocycles. The molecule has 1 aromatic carbocycles. The molecule has 0 aliphatic heterocycles. The van der Waals surface area contributed by atoms with Crippen molar-refractivity contribution in [3.63, 3.8) is 0 Å². The first-order valence-electron chi connectivity index (χ1n) is 7.77. The molecule has 0 aliphatic rings. The Balaban J connectivity index is 2.87. The van der Waals surface area contributed by atoms with Crippen LogP contribution in [0.25, 0.3) is 0 Å². The monoisotopic (exact) mass is 320 g/mol. The maximum Gasteiger partial charge on any atom is 0.246 e. The Kier molecular flexibility index (Phi) is 5.46. The fraction of sp³-hybridized carbons (Fsp3) is 0.556. The lowest BCUT2D eigenvalue weighted by Gasteiger charge is -2.23. The molecule has 2 amide bonds. The van der Waals surface area contributed by atoms with Gasteiger partial charge in [0.05, 0.1) is 5.69 Å². The fourth-order valence-electron chi connectivity index (χ4n) is 1.82. The average Bonchev–Trinajstić information content (AvgIpc) is 2.38. The van der Waals surface area contributed by atoms with Crippen LogP contribution in [-0.4, -0.2) is 23.0 Å². The van der Waals surface area contributed by atoms with E-state index in [-0.39, 0.29) is 23.0 Å². The van der Waals surface area contributed by atoms with Crippen molar-refractivity contribution in [1.29, 1.82) is 0 Å². The van der Waals surface area contributed by atoms with Crippen LogP contribution in [0.3, 0.4) is 0 Å². The molecular formula is C18H28N2O3. The number of benzene rings is 1. The minimum Gasteiger partial charge on any atom is -0.506 e. The highest BCUT2D eigenvalue weighted by molar-refractivity contribution is 5.98. The molecule has 0 saturated heterocycles. The van der Waals surface area contributed by atoms with E-state index in [1.54, 1.807) is 39.8 Å². The highest BCUT2D eigenvalue weighted by Gasteiger charge is 2.25. The minimum absolute atomic E-state index is 0.000646. The fourth-order valence-corrected chi connectivity index (χ4v) is 1.82. The number of carbonyl (C=O) groups excluding carboxylic acids is 2. The second-order valence-corrected chi connectivity index (χ2v) is 7.92. The van der Waals surface area contributed by atoms with E-state index in [0.29, 0.717) is 5.69 Å². The summed E-state index contributed by atoms with van der Waals surface area (Å²) >= 11 is 0. The molecular weight excluding hydrogens is 292 g/mol. The smallest absolute Gasteiger partial charge is 0.246 e. The topological polar surface area (TPSA) is 78.4 Å². The summed E-state index contributed by atoms with van der Waals surface area (Å²) in [6.07, 6.45) is 0. The van der Waals surface area contributed by atoms with Gasteiger partial charge in [0.15, 0.2) is 0 Å². The Labute approximate surface area is 138 Å². The number of aromatic hydroxyl groups is 1. The molecule has 1 unspecified atom stereocenters. The van der Waals surface area contributed by atoms with E-state index in [1.165, 1.54) is 0 Å². The van der Waals surface area contributed by atoms with Gasteiger partial charge in [0, 0.05) is 5.41 Å². The van der Waals surface area contributed by atoms with Gasteiger partial charge in [0.2, 0.25) is 11.8 Å². The van der Waals surface area contributed by atoms with Crippen molar-refractivity contribution in [2.45, 2.75) is 59.9 Å². The quantitative estimate of drug-likeness (QED) is 0.748. The molecule has 1 rings (SSSR count). The number of hydrogen-bond acceptors (Lipinski definition) is 3. The Morgan fingerprint density at radius 3 is 2.13 bits per heavy atom. The van der Waals surface area contributed by atoms with Gasteiger partial charge in [-0.05, 0) is 30.0 Å². The van der Waals surface area contributed by atoms with Gasteiger partial charge < -0.3 is 15.7 Å². The third-order valence-corrected chi connectivity index (χ3v) is 3.54. The average molecular weight is 320 g/mol. The second-order valence-electron chi connectivity index (χ2n) is 7.92. The summed E-state index contributed by atoms with van der Waals surface area (Å²) in [7, 11) is 0. The molecule has 1 aromatic rings. The molecule has 0 saturated carbocycles. The lowest BCUT2D eigenvalue weighted by atomic mass is 9.87. The van der Waals surface area contributed by atoms with Crippen molar-refractivity contribution >= 4 is 17.5 Å². The van der Waals surface area contributed by atoms with Crippen molar-refractivity contribution in [3.05, 3.63) is 23.8 Å². The first-order chi connectivity index (χ1) is 10.3. The van der Waals surface area contributed by atoms with Crippen molar-refractivity contribution in [2.75, 3.05) is 5.32 Å². The van der Waals surface area contributed by atoms with E-state index in [0.717, 1.165) is 5.56 Å². The van der Waals surface area contributed by atoms with Crippen molar-refractivity contribution < 1.29 is 14.7 Å². The number of hydrogen-bond donors (Lipinski definition) is 3. The molecule has 0 aromatic heterocycles. The van der Waals surface area contributed by atoms with E-state index < -0.39 is 11.5 Å². The Bertz CT molecular complexity index is 595. The maximum atomic E-state index is 12.3. The molecule has 3 N–H and O–H groups in total. The summed E-state index contributed by atoms with van der Waals surface area (Å²) in [6, 6.07) is 4.45. The minimum atomic E-state index is -0.695. The van der Waals surface area contributed by atoms with Gasteiger partial charge in [-0.25, -0.2) is 0 Å². The Morgan fingerprint density at radius 2 is 1.65 bits per heavy atom. The van der Waals surface area contributed by atoms with Gasteiger partial charge in [-0.1, -0.05) is 47.6 Å². The van der Waals surface area contributed by atoms with E-state index in [9.17, 15) is 14.7 Å². The SMILES string of the molecule is CC(NC(=O)C(C)(C)C)C(=O)Nc1cc(C(C)(C)C)ccc1O. The number of phenols is 1. The van der Waals surface area contributed by atoms with Crippen LogP contribution in [0.15, 0.2) is 18.2 Å². The third-order valence-electron chi connectivity index (χ3n) is 3.54. The molecule has 0 spiro atoms. The summed E-state index contributed by atoms with van der Waals surface area (Å²) in [6.45, 7) is 13.1. The van der Waals surface area contributed by atoms with Crippen molar-refractivity contribution in [1.82, 2.24) is 5.32 Å². The predicted octanol–water partition coefficient (Wildman–Crippen LogP) is 3.18. The molecule has 0 radical (unpaired) electrons. The zero-order valence-corrected chi connectivity index (χ0v) is 15.1. The van der Waals surface area contributed by atoms with Gasteiger partial charge in [0.1, 0.15) is 11.8 Å². The van der Waals surface area contributed by atoms with Gasteiger partial charge in [0.25, 0.3) is 0 Å². The van der Waals surface area contributed by atoms with E-state index in [1.807, 2.05) is 6.07 Å². The molecule has 1 atom stereocenters. The van der Waals surface area contributed by atoms with E-state index in [2.05, 4.69) is 31.4 Å². The summed E-state index contributed by atoms with van der Waals surface area (Å²) < 4.78 is 0. The largest absolute Gasteiger partial charge is 0.506 e. The van der Waals surface area contributed by atoms with Crippen LogP contribution in [0.2, 0.25) is 0 Å². The normalized spacial score (nSPS) is 13.3. The lowest BCUT2D eigenvalue weighted by molar-refractivity contribution is -0.131. The number of carbonyl (C=O) groups is 2. The van der Waals surface area contributed by atoms with Gasteiger partial charge in [-0.15, -0.1) is 0 Å². The zero-order valence-electron chi connectivity index (χ0n) is 15.1. The summed E-state index contributed by atoms with van der Waals surface area (Å²) in [5, 5.41) is 15.3. The Morgan fingerprint density at radius 1 is 1.09 bits per heavy atom. The molecule has 0 fully saturated rings. The lowest BCUT2D eigenvalue weighted by Crippen LogP contribution is -2.46.